The molecule has 0 radical (unpaired) electrons. The molecule has 2 amide bonds. The highest BCUT2D eigenvalue weighted by atomic mass is 16.5. The first-order valence-electron chi connectivity index (χ1n) is 7.31. The molecule has 0 spiro atoms. The fourth-order valence-corrected chi connectivity index (χ4v) is 2.15. The van der Waals surface area contributed by atoms with Gasteiger partial charge in [0, 0.05) is 0 Å². The maximum Gasteiger partial charge on any atom is 0.404 e. The number of carbonyl (C=O) groups excluding carboxylic acids is 2. The van der Waals surface area contributed by atoms with Crippen molar-refractivity contribution in [3.63, 3.8) is 0 Å². The Morgan fingerprint density at radius 1 is 0.750 bits per heavy atom. The van der Waals surface area contributed by atoms with E-state index >= 15 is 0 Å². The third-order valence-electron chi connectivity index (χ3n) is 3.77. The minimum atomic E-state index is -0.845. The lowest BCUT2D eigenvalue weighted by atomic mass is 9.89. The molecular weight excluding hydrogens is 316 g/mol. The van der Waals surface area contributed by atoms with Crippen LogP contribution in [0.1, 0.15) is 33.4 Å². The van der Waals surface area contributed by atoms with E-state index in [1.54, 1.807) is 0 Å². The number of aliphatic hydroxyl groups is 2. The van der Waals surface area contributed by atoms with Crippen LogP contribution in [0.4, 0.5) is 9.59 Å². The van der Waals surface area contributed by atoms with Gasteiger partial charge >= 0.3 is 12.2 Å². The summed E-state index contributed by atoms with van der Waals surface area (Å²) in [6.45, 7) is 7.67. The van der Waals surface area contributed by atoms with Crippen molar-refractivity contribution < 1.29 is 29.3 Å². The first kappa shape index (κ1) is 21.7. The fraction of sp³-hybridized carbons (Fsp3) is 0.500. The fourth-order valence-electron chi connectivity index (χ4n) is 2.15. The number of primary amides is 2. The van der Waals surface area contributed by atoms with Gasteiger partial charge in [0.25, 0.3) is 0 Å². The van der Waals surface area contributed by atoms with Crippen molar-refractivity contribution in [2.45, 2.75) is 40.9 Å². The first-order valence-corrected chi connectivity index (χ1v) is 7.31. The van der Waals surface area contributed by atoms with E-state index in [-0.39, 0.29) is 26.4 Å². The van der Waals surface area contributed by atoms with E-state index < -0.39 is 12.2 Å². The number of rotatable bonds is 5. The quantitative estimate of drug-likeness (QED) is 0.630. The summed E-state index contributed by atoms with van der Waals surface area (Å²) in [5, 5.41) is 15.2. The Bertz CT molecular complexity index is 536. The first-order chi connectivity index (χ1) is 11.2. The standard InChI is InChI=1S/C14H20N2O4.C2H6O2/c1-7-8(2)10(4)12(6-20-14(16)18)11(9(7)3)5-19-13(15)17;3-1-2-4/h5-6H2,1-4H3,(H2,15,17)(H2,16,18);3-4H,1-2H2. The number of benzene rings is 1. The number of nitrogens with two attached hydrogens (primary N) is 2. The van der Waals surface area contributed by atoms with Crippen LogP contribution in [0.15, 0.2) is 0 Å². The molecule has 0 unspecified atom stereocenters. The number of hydrogen-bond acceptors (Lipinski definition) is 6. The van der Waals surface area contributed by atoms with Gasteiger partial charge in [-0.3, -0.25) is 0 Å². The molecule has 136 valence electrons. The van der Waals surface area contributed by atoms with Crippen molar-refractivity contribution in [1.82, 2.24) is 0 Å². The van der Waals surface area contributed by atoms with E-state index in [4.69, 9.17) is 31.2 Å². The van der Waals surface area contributed by atoms with Crippen LogP contribution < -0.4 is 11.5 Å². The van der Waals surface area contributed by atoms with Gasteiger partial charge in [0.1, 0.15) is 13.2 Å². The van der Waals surface area contributed by atoms with Crippen LogP contribution in [0.5, 0.6) is 0 Å². The number of ether oxygens (including phenoxy) is 2. The third kappa shape index (κ3) is 6.43. The smallest absolute Gasteiger partial charge is 0.404 e. The average Bonchev–Trinajstić information content (AvgIpc) is 2.53. The van der Waals surface area contributed by atoms with E-state index in [2.05, 4.69) is 0 Å². The minimum absolute atomic E-state index is 0.0422. The molecule has 1 rings (SSSR count). The van der Waals surface area contributed by atoms with E-state index in [0.717, 1.165) is 33.4 Å². The van der Waals surface area contributed by atoms with Crippen molar-refractivity contribution in [2.24, 2.45) is 11.5 Å². The molecule has 0 saturated carbocycles. The molecule has 8 heteroatoms. The molecule has 0 fully saturated rings. The van der Waals surface area contributed by atoms with Crippen LogP contribution in [0, 0.1) is 27.7 Å². The summed E-state index contributed by atoms with van der Waals surface area (Å²) in [5.41, 5.74) is 15.8. The predicted molar refractivity (Wildman–Crippen MR) is 88.3 cm³/mol. The largest absolute Gasteiger partial charge is 0.445 e. The van der Waals surface area contributed by atoms with Gasteiger partial charge in [-0.05, 0) is 61.1 Å². The van der Waals surface area contributed by atoms with Gasteiger partial charge in [0.2, 0.25) is 0 Å². The van der Waals surface area contributed by atoms with E-state index in [0.29, 0.717) is 0 Å². The molecule has 0 bridgehead atoms. The second-order valence-electron chi connectivity index (χ2n) is 5.12. The lowest BCUT2D eigenvalue weighted by molar-refractivity contribution is 0.141. The van der Waals surface area contributed by atoms with Crippen LogP contribution in [0.3, 0.4) is 0 Å². The molecule has 1 aromatic carbocycles. The van der Waals surface area contributed by atoms with Crippen LogP contribution in [-0.2, 0) is 22.7 Å². The van der Waals surface area contributed by atoms with Crippen molar-refractivity contribution in [3.8, 4) is 0 Å². The number of carbonyl (C=O) groups is 2. The summed E-state index contributed by atoms with van der Waals surface area (Å²) in [5.74, 6) is 0. The van der Waals surface area contributed by atoms with E-state index in [1.807, 2.05) is 27.7 Å². The van der Waals surface area contributed by atoms with Gasteiger partial charge in [0.05, 0.1) is 13.2 Å². The normalized spacial score (nSPS) is 9.75. The molecule has 0 aliphatic rings. The summed E-state index contributed by atoms with van der Waals surface area (Å²) in [6.07, 6.45) is -1.69. The van der Waals surface area contributed by atoms with Crippen molar-refractivity contribution in [3.05, 3.63) is 33.4 Å². The molecule has 24 heavy (non-hydrogen) atoms. The second kappa shape index (κ2) is 10.5. The molecule has 8 nitrogen and oxygen atoms in total. The zero-order chi connectivity index (χ0) is 18.9. The van der Waals surface area contributed by atoms with Crippen molar-refractivity contribution in [1.29, 1.82) is 0 Å². The zero-order valence-corrected chi connectivity index (χ0v) is 14.5. The Balaban J connectivity index is 0.00000118. The summed E-state index contributed by atoms with van der Waals surface area (Å²) < 4.78 is 9.75. The summed E-state index contributed by atoms with van der Waals surface area (Å²) in [6, 6.07) is 0. The Hall–Kier alpha value is -2.32. The van der Waals surface area contributed by atoms with Crippen LogP contribution in [0.2, 0.25) is 0 Å². The van der Waals surface area contributed by atoms with Crippen LogP contribution >= 0.6 is 0 Å². The van der Waals surface area contributed by atoms with Gasteiger partial charge in [-0.15, -0.1) is 0 Å². The predicted octanol–water partition coefficient (Wildman–Crippen LogP) is 1.08. The zero-order valence-electron chi connectivity index (χ0n) is 14.5. The molecule has 0 aliphatic heterocycles. The lowest BCUT2D eigenvalue weighted by Crippen LogP contribution is -2.18. The average molecular weight is 342 g/mol. The SMILES string of the molecule is Cc1c(C)c(C)c(COC(N)=O)c(COC(N)=O)c1C.OCCO. The monoisotopic (exact) mass is 342 g/mol. The number of amides is 2. The molecule has 0 saturated heterocycles. The molecule has 1 aromatic rings. The molecule has 0 aromatic heterocycles. The molecule has 0 aliphatic carbocycles. The molecule has 6 N–H and O–H groups in total. The highest BCUT2D eigenvalue weighted by Crippen LogP contribution is 2.28. The maximum atomic E-state index is 10.8. The van der Waals surface area contributed by atoms with Crippen LogP contribution in [0.25, 0.3) is 0 Å². The Morgan fingerprint density at radius 3 is 1.25 bits per heavy atom. The van der Waals surface area contributed by atoms with Gasteiger partial charge in [-0.25, -0.2) is 9.59 Å². The van der Waals surface area contributed by atoms with E-state index in [9.17, 15) is 9.59 Å². The minimum Gasteiger partial charge on any atom is -0.445 e. The van der Waals surface area contributed by atoms with Crippen molar-refractivity contribution >= 4 is 12.2 Å². The second-order valence-corrected chi connectivity index (χ2v) is 5.12. The maximum absolute atomic E-state index is 10.8. The topological polar surface area (TPSA) is 145 Å². The molecular formula is C16H26N2O6. The van der Waals surface area contributed by atoms with Crippen LogP contribution in [-0.4, -0.2) is 35.6 Å². The summed E-state index contributed by atoms with van der Waals surface area (Å²) in [4.78, 5) is 21.6. The van der Waals surface area contributed by atoms with Gasteiger partial charge in [-0.1, -0.05) is 0 Å². The Labute approximate surface area is 141 Å². The molecule has 0 heterocycles. The highest BCUT2D eigenvalue weighted by molar-refractivity contribution is 5.65. The molecule has 0 atom stereocenters. The summed E-state index contributed by atoms with van der Waals surface area (Å²) in [7, 11) is 0. The number of hydrogen-bond donors (Lipinski definition) is 4. The van der Waals surface area contributed by atoms with Gasteiger partial charge in [0.15, 0.2) is 0 Å². The van der Waals surface area contributed by atoms with Crippen molar-refractivity contribution in [2.75, 3.05) is 13.2 Å². The number of aliphatic hydroxyl groups excluding tert-OH is 2. The third-order valence-corrected chi connectivity index (χ3v) is 3.77. The van der Waals surface area contributed by atoms with Gasteiger partial charge < -0.3 is 31.2 Å². The van der Waals surface area contributed by atoms with E-state index in [1.165, 1.54) is 0 Å². The lowest BCUT2D eigenvalue weighted by Gasteiger charge is -2.20. The van der Waals surface area contributed by atoms with Gasteiger partial charge in [-0.2, -0.15) is 0 Å². The highest BCUT2D eigenvalue weighted by Gasteiger charge is 2.17. The Kier molecular flexibility index (Phi) is 9.44. The summed E-state index contributed by atoms with van der Waals surface area (Å²) >= 11 is 0. The Morgan fingerprint density at radius 2 is 1.04 bits per heavy atom.